The lowest BCUT2D eigenvalue weighted by Crippen LogP contribution is -2.01. The van der Waals surface area contributed by atoms with E-state index >= 15 is 0 Å². The van der Waals surface area contributed by atoms with Gasteiger partial charge in [-0.3, -0.25) is 4.79 Å². The highest BCUT2D eigenvalue weighted by molar-refractivity contribution is 7.98. The summed E-state index contributed by atoms with van der Waals surface area (Å²) in [6, 6.07) is 24.6. The molecule has 156 valence electrons. The van der Waals surface area contributed by atoms with E-state index in [0.29, 0.717) is 11.6 Å². The predicted molar refractivity (Wildman–Crippen MR) is 121 cm³/mol. The number of rotatable bonds is 8. The average molecular weight is 452 g/mol. The van der Waals surface area contributed by atoms with Gasteiger partial charge in [-0.2, -0.15) is 0 Å². The average Bonchev–Trinajstić information content (AvgIpc) is 3.16. The van der Waals surface area contributed by atoms with Gasteiger partial charge in [0.2, 0.25) is 5.89 Å². The molecule has 5 nitrogen and oxygen atoms in total. The molecule has 1 aromatic heterocycles. The summed E-state index contributed by atoms with van der Waals surface area (Å²) in [7, 11) is 0. The first-order valence-electron chi connectivity index (χ1n) is 9.49. The zero-order valence-electron chi connectivity index (χ0n) is 16.3. The Kier molecular flexibility index (Phi) is 6.60. The van der Waals surface area contributed by atoms with Crippen molar-refractivity contribution >= 4 is 29.3 Å². The van der Waals surface area contributed by atoms with Gasteiger partial charge in [0.1, 0.15) is 11.4 Å². The van der Waals surface area contributed by atoms with E-state index < -0.39 is 5.97 Å². The van der Waals surface area contributed by atoms with E-state index in [9.17, 15) is 9.90 Å². The number of carboxylic acids is 1. The molecule has 3 aromatic carbocycles. The third kappa shape index (κ3) is 5.69. The van der Waals surface area contributed by atoms with Gasteiger partial charge in [0.05, 0.1) is 6.42 Å². The minimum atomic E-state index is -1.01. The van der Waals surface area contributed by atoms with Crippen molar-refractivity contribution in [3.8, 4) is 23.1 Å². The molecule has 0 unspecified atom stereocenters. The van der Waals surface area contributed by atoms with Crippen molar-refractivity contribution in [2.24, 2.45) is 0 Å². The molecule has 0 fully saturated rings. The Labute approximate surface area is 188 Å². The van der Waals surface area contributed by atoms with E-state index in [-0.39, 0.29) is 18.1 Å². The molecule has 4 rings (SSSR count). The van der Waals surface area contributed by atoms with Crippen molar-refractivity contribution in [1.29, 1.82) is 0 Å². The Bertz CT molecular complexity index is 1160. The minimum absolute atomic E-state index is 0.0878. The van der Waals surface area contributed by atoms with Crippen LogP contribution < -0.4 is 4.74 Å². The molecular weight excluding hydrogens is 434 g/mol. The first kappa shape index (κ1) is 21.0. The predicted octanol–water partition coefficient (Wildman–Crippen LogP) is 6.71. The largest absolute Gasteiger partial charge is 0.481 e. The van der Waals surface area contributed by atoms with E-state index in [2.05, 4.69) is 4.98 Å². The number of aromatic nitrogens is 1. The fourth-order valence-electron chi connectivity index (χ4n) is 2.83. The van der Waals surface area contributed by atoms with Crippen LogP contribution >= 0.6 is 23.4 Å². The SMILES string of the molecule is O=C(O)Cc1nc(-c2ccc(SCc3ccc(Cl)cc3)cc2)oc1Oc1ccccc1. The number of hydrogen-bond donors (Lipinski definition) is 1. The van der Waals surface area contributed by atoms with E-state index in [4.69, 9.17) is 20.8 Å². The van der Waals surface area contributed by atoms with Crippen LogP contribution in [0.5, 0.6) is 11.7 Å². The number of halogens is 1. The number of thioether (sulfide) groups is 1. The van der Waals surface area contributed by atoms with Gasteiger partial charge in [0.15, 0.2) is 0 Å². The quantitative estimate of drug-likeness (QED) is 0.300. The Balaban J connectivity index is 1.50. The summed E-state index contributed by atoms with van der Waals surface area (Å²) in [6.45, 7) is 0. The molecule has 1 N–H and O–H groups in total. The van der Waals surface area contributed by atoms with Crippen LogP contribution in [0.15, 0.2) is 88.2 Å². The van der Waals surface area contributed by atoms with E-state index in [1.54, 1.807) is 23.9 Å². The molecule has 31 heavy (non-hydrogen) atoms. The van der Waals surface area contributed by atoms with Gasteiger partial charge in [-0.25, -0.2) is 4.98 Å². The molecule has 0 aliphatic carbocycles. The van der Waals surface area contributed by atoms with Crippen molar-refractivity contribution in [3.63, 3.8) is 0 Å². The van der Waals surface area contributed by atoms with Gasteiger partial charge >= 0.3 is 11.9 Å². The molecular formula is C24H18ClNO4S. The molecule has 0 bridgehead atoms. The molecule has 0 saturated carbocycles. The zero-order chi connectivity index (χ0) is 21.6. The highest BCUT2D eigenvalue weighted by atomic mass is 35.5. The van der Waals surface area contributed by atoms with E-state index in [1.807, 2.05) is 66.7 Å². The number of oxazole rings is 1. The van der Waals surface area contributed by atoms with Crippen LogP contribution in [-0.4, -0.2) is 16.1 Å². The Morgan fingerprint density at radius 3 is 2.39 bits per heavy atom. The van der Waals surface area contributed by atoms with Gasteiger partial charge < -0.3 is 14.3 Å². The van der Waals surface area contributed by atoms with Crippen LogP contribution in [0, 0.1) is 0 Å². The van der Waals surface area contributed by atoms with Gasteiger partial charge in [-0.1, -0.05) is 41.9 Å². The number of ether oxygens (including phenoxy) is 1. The lowest BCUT2D eigenvalue weighted by atomic mass is 10.2. The van der Waals surface area contributed by atoms with E-state index in [1.165, 1.54) is 5.56 Å². The summed E-state index contributed by atoms with van der Waals surface area (Å²) in [5, 5.41) is 9.92. The summed E-state index contributed by atoms with van der Waals surface area (Å²) in [4.78, 5) is 16.7. The maximum atomic E-state index is 11.2. The molecule has 0 spiro atoms. The van der Waals surface area contributed by atoms with Crippen molar-refractivity contribution < 1.29 is 19.1 Å². The van der Waals surface area contributed by atoms with Gasteiger partial charge in [0.25, 0.3) is 0 Å². The lowest BCUT2D eigenvalue weighted by Gasteiger charge is -2.03. The van der Waals surface area contributed by atoms with Crippen LogP contribution in [0.3, 0.4) is 0 Å². The molecule has 0 aliphatic rings. The van der Waals surface area contributed by atoms with Crippen LogP contribution in [0.4, 0.5) is 0 Å². The third-order valence-electron chi connectivity index (χ3n) is 4.35. The minimum Gasteiger partial charge on any atom is -0.481 e. The van der Waals surface area contributed by atoms with Crippen LogP contribution in [0.25, 0.3) is 11.5 Å². The van der Waals surface area contributed by atoms with Crippen LogP contribution in [0.2, 0.25) is 5.02 Å². The first-order valence-corrected chi connectivity index (χ1v) is 10.9. The van der Waals surface area contributed by atoms with Gasteiger partial charge in [-0.15, -0.1) is 11.8 Å². The van der Waals surface area contributed by atoms with Crippen LogP contribution in [0.1, 0.15) is 11.3 Å². The lowest BCUT2D eigenvalue weighted by molar-refractivity contribution is -0.136. The highest BCUT2D eigenvalue weighted by Gasteiger charge is 2.19. The summed E-state index contributed by atoms with van der Waals surface area (Å²) in [5.41, 5.74) is 2.17. The summed E-state index contributed by atoms with van der Waals surface area (Å²) >= 11 is 7.63. The fourth-order valence-corrected chi connectivity index (χ4v) is 3.81. The number of benzene rings is 3. The maximum Gasteiger partial charge on any atom is 0.315 e. The molecule has 0 amide bonds. The molecule has 4 aromatic rings. The molecule has 0 aliphatic heterocycles. The molecule has 0 radical (unpaired) electrons. The van der Waals surface area contributed by atoms with E-state index in [0.717, 1.165) is 21.2 Å². The second-order valence-electron chi connectivity index (χ2n) is 6.68. The number of carboxylic acid groups (broad SMARTS) is 1. The highest BCUT2D eigenvalue weighted by Crippen LogP contribution is 2.32. The third-order valence-corrected chi connectivity index (χ3v) is 5.69. The number of nitrogens with zero attached hydrogens (tertiary/aromatic N) is 1. The Morgan fingerprint density at radius 1 is 1.00 bits per heavy atom. The Morgan fingerprint density at radius 2 is 1.71 bits per heavy atom. The van der Waals surface area contributed by atoms with Gasteiger partial charge in [0, 0.05) is 21.2 Å². The van der Waals surface area contributed by atoms with Crippen molar-refractivity contribution in [3.05, 3.63) is 95.1 Å². The number of carbonyl (C=O) groups is 1. The molecule has 1 heterocycles. The first-order chi connectivity index (χ1) is 15.1. The summed E-state index contributed by atoms with van der Waals surface area (Å²) < 4.78 is 11.5. The normalized spacial score (nSPS) is 10.7. The van der Waals surface area contributed by atoms with Gasteiger partial charge in [-0.05, 0) is 54.1 Å². The maximum absolute atomic E-state index is 11.2. The second kappa shape index (κ2) is 9.73. The van der Waals surface area contributed by atoms with Crippen molar-refractivity contribution in [2.45, 2.75) is 17.1 Å². The second-order valence-corrected chi connectivity index (χ2v) is 8.16. The molecule has 0 atom stereocenters. The Hall–Kier alpha value is -3.22. The molecule has 0 saturated heterocycles. The monoisotopic (exact) mass is 451 g/mol. The molecule has 7 heteroatoms. The number of hydrogen-bond acceptors (Lipinski definition) is 5. The standard InChI is InChI=1S/C24H18ClNO4S/c25-18-10-6-16(7-11-18)15-31-20-12-8-17(9-13-20)23-26-21(14-22(27)28)24(30-23)29-19-4-2-1-3-5-19/h1-13H,14-15H2,(H,27,28). The zero-order valence-corrected chi connectivity index (χ0v) is 17.9. The summed E-state index contributed by atoms with van der Waals surface area (Å²) in [6.07, 6.45) is -0.291. The van der Waals surface area contributed by atoms with Crippen molar-refractivity contribution in [1.82, 2.24) is 4.98 Å². The van der Waals surface area contributed by atoms with Crippen molar-refractivity contribution in [2.75, 3.05) is 0 Å². The topological polar surface area (TPSA) is 72.6 Å². The van der Waals surface area contributed by atoms with Crippen LogP contribution in [-0.2, 0) is 17.0 Å². The number of para-hydroxylation sites is 1. The smallest absolute Gasteiger partial charge is 0.315 e. The number of aliphatic carboxylic acids is 1. The summed E-state index contributed by atoms with van der Waals surface area (Å²) in [5.74, 6) is 0.770. The fraction of sp³-hybridized carbons (Fsp3) is 0.0833.